The molecule has 1 amide bonds. The van der Waals surface area contributed by atoms with E-state index in [2.05, 4.69) is 11.9 Å². The maximum Gasteiger partial charge on any atom is 0.264 e. The molecule has 0 radical (unpaired) electrons. The van der Waals surface area contributed by atoms with E-state index in [0.29, 0.717) is 13.0 Å². The number of hydrogen-bond donors (Lipinski definition) is 2. The third-order valence-corrected chi connectivity index (χ3v) is 2.43. The second-order valence-electron chi connectivity index (χ2n) is 3.58. The molecular formula is C10H22N2O4S. The van der Waals surface area contributed by atoms with Gasteiger partial charge in [0, 0.05) is 13.1 Å². The molecular weight excluding hydrogens is 244 g/mol. The number of nitrogens with zero attached hydrogens (tertiary/aromatic N) is 1. The molecule has 0 aliphatic heterocycles. The Bertz CT molecular complexity index is 312. The fourth-order valence-electron chi connectivity index (χ4n) is 0.733. The molecule has 2 N–H and O–H groups in total. The minimum absolute atomic E-state index is 0.109. The van der Waals surface area contributed by atoms with Crippen LogP contribution in [0.15, 0.2) is 12.7 Å². The van der Waals surface area contributed by atoms with E-state index in [-0.39, 0.29) is 11.7 Å². The van der Waals surface area contributed by atoms with E-state index in [1.165, 1.54) is 6.08 Å². The maximum absolute atomic E-state index is 10.5. The Morgan fingerprint density at radius 3 is 2.24 bits per heavy atom. The second kappa shape index (κ2) is 10.2. The highest BCUT2D eigenvalue weighted by molar-refractivity contribution is 7.85. The van der Waals surface area contributed by atoms with Gasteiger partial charge in [0.2, 0.25) is 5.91 Å². The Balaban J connectivity index is 0. The fraction of sp³-hybridized carbons (Fsp3) is 0.700. The quantitative estimate of drug-likeness (QED) is 0.527. The van der Waals surface area contributed by atoms with E-state index < -0.39 is 10.1 Å². The molecule has 0 bridgehead atoms. The van der Waals surface area contributed by atoms with Crippen LogP contribution >= 0.6 is 0 Å². The zero-order valence-corrected chi connectivity index (χ0v) is 11.5. The highest BCUT2D eigenvalue weighted by atomic mass is 32.2. The van der Waals surface area contributed by atoms with Crippen molar-refractivity contribution in [1.82, 2.24) is 10.2 Å². The smallest absolute Gasteiger partial charge is 0.264 e. The molecule has 0 atom stereocenters. The number of amides is 1. The normalized spacial score (nSPS) is 10.4. The summed E-state index contributed by atoms with van der Waals surface area (Å²) >= 11 is 0. The summed E-state index contributed by atoms with van der Waals surface area (Å²) in [6.07, 6.45) is 1.74. The number of likely N-dealkylation sites (N-methyl/N-ethyl adjacent to an activating group) is 1. The lowest BCUT2D eigenvalue weighted by Crippen LogP contribution is -2.29. The van der Waals surface area contributed by atoms with Crippen LogP contribution in [-0.2, 0) is 14.9 Å². The van der Waals surface area contributed by atoms with Crippen LogP contribution in [0.4, 0.5) is 0 Å². The van der Waals surface area contributed by atoms with Gasteiger partial charge in [-0.2, -0.15) is 8.42 Å². The fourth-order valence-corrected chi connectivity index (χ4v) is 1.25. The van der Waals surface area contributed by atoms with E-state index in [4.69, 9.17) is 4.55 Å². The monoisotopic (exact) mass is 266 g/mol. The Kier molecular flexibility index (Phi) is 11.1. The van der Waals surface area contributed by atoms with E-state index in [0.717, 1.165) is 6.54 Å². The van der Waals surface area contributed by atoms with Crippen LogP contribution in [0.1, 0.15) is 13.3 Å². The van der Waals surface area contributed by atoms with Crippen LogP contribution in [0.2, 0.25) is 0 Å². The predicted molar refractivity (Wildman–Crippen MR) is 68.5 cm³/mol. The first-order valence-corrected chi connectivity index (χ1v) is 6.84. The summed E-state index contributed by atoms with van der Waals surface area (Å²) in [5.74, 6) is -0.241. The molecule has 0 aliphatic rings. The zero-order valence-electron chi connectivity index (χ0n) is 10.6. The Morgan fingerprint density at radius 1 is 1.47 bits per heavy atom. The summed E-state index contributed by atoms with van der Waals surface area (Å²) in [5, 5.41) is 2.66. The average molecular weight is 266 g/mol. The van der Waals surface area contributed by atoms with Crippen molar-refractivity contribution in [3.63, 3.8) is 0 Å². The van der Waals surface area contributed by atoms with Gasteiger partial charge in [-0.3, -0.25) is 9.35 Å². The maximum atomic E-state index is 10.5. The average Bonchev–Trinajstić information content (AvgIpc) is 2.16. The van der Waals surface area contributed by atoms with Crippen molar-refractivity contribution in [2.24, 2.45) is 0 Å². The van der Waals surface area contributed by atoms with Gasteiger partial charge in [-0.1, -0.05) is 13.5 Å². The van der Waals surface area contributed by atoms with Gasteiger partial charge in [0.25, 0.3) is 10.1 Å². The molecule has 0 heterocycles. The lowest BCUT2D eigenvalue weighted by atomic mass is 10.5. The summed E-state index contributed by atoms with van der Waals surface area (Å²) < 4.78 is 27.6. The second-order valence-corrected chi connectivity index (χ2v) is 5.16. The van der Waals surface area contributed by atoms with Crippen molar-refractivity contribution in [2.45, 2.75) is 13.3 Å². The standard InChI is InChI=1S/C7H14N2O.C3H8O3S/c1-4-7(10)8-5-6-9(2)3;1-2-3-7(4,5)6/h4H,1,5-6H2,2-3H3,(H,8,10);2-3H2,1H3,(H,4,5,6). The molecule has 0 spiro atoms. The van der Waals surface area contributed by atoms with Crippen molar-refractivity contribution in [3.05, 3.63) is 12.7 Å². The van der Waals surface area contributed by atoms with E-state index in [1.807, 2.05) is 19.0 Å². The molecule has 0 saturated carbocycles. The molecule has 0 saturated heterocycles. The zero-order chi connectivity index (χ0) is 13.9. The lowest BCUT2D eigenvalue weighted by Gasteiger charge is -2.08. The van der Waals surface area contributed by atoms with Crippen LogP contribution in [-0.4, -0.2) is 56.7 Å². The topological polar surface area (TPSA) is 86.7 Å². The molecule has 0 aliphatic carbocycles. The van der Waals surface area contributed by atoms with Crippen LogP contribution in [0.3, 0.4) is 0 Å². The van der Waals surface area contributed by atoms with Gasteiger partial charge < -0.3 is 10.2 Å². The SMILES string of the molecule is C=CC(=O)NCCN(C)C.CCCS(=O)(=O)O. The van der Waals surface area contributed by atoms with Gasteiger partial charge in [-0.05, 0) is 26.6 Å². The van der Waals surface area contributed by atoms with E-state index in [9.17, 15) is 13.2 Å². The van der Waals surface area contributed by atoms with Crippen LogP contribution < -0.4 is 5.32 Å². The molecule has 0 fully saturated rings. The van der Waals surface area contributed by atoms with Crippen LogP contribution in [0, 0.1) is 0 Å². The minimum atomic E-state index is -3.67. The molecule has 7 heteroatoms. The molecule has 17 heavy (non-hydrogen) atoms. The number of nitrogens with one attached hydrogen (secondary N) is 1. The van der Waals surface area contributed by atoms with Crippen LogP contribution in [0.5, 0.6) is 0 Å². The van der Waals surface area contributed by atoms with Crippen molar-refractivity contribution in [3.8, 4) is 0 Å². The number of carbonyl (C=O) groups excluding carboxylic acids is 1. The summed E-state index contributed by atoms with van der Waals surface area (Å²) in [6, 6.07) is 0. The summed E-state index contributed by atoms with van der Waals surface area (Å²) in [7, 11) is 0.243. The third kappa shape index (κ3) is 21.0. The highest BCUT2D eigenvalue weighted by Gasteiger charge is 1.98. The Morgan fingerprint density at radius 2 is 2.00 bits per heavy atom. The van der Waals surface area contributed by atoms with Gasteiger partial charge in [0.05, 0.1) is 5.75 Å². The lowest BCUT2D eigenvalue weighted by molar-refractivity contribution is -0.116. The largest absolute Gasteiger partial charge is 0.351 e. The Hall–Kier alpha value is -0.920. The number of carbonyl (C=O) groups is 1. The van der Waals surface area contributed by atoms with Crippen molar-refractivity contribution < 1.29 is 17.8 Å². The highest BCUT2D eigenvalue weighted by Crippen LogP contribution is 1.83. The van der Waals surface area contributed by atoms with Gasteiger partial charge in [-0.25, -0.2) is 0 Å². The summed E-state index contributed by atoms with van der Waals surface area (Å²) in [5.41, 5.74) is 0. The predicted octanol–water partition coefficient (Wildman–Crippen LogP) is 0.134. The van der Waals surface area contributed by atoms with Crippen molar-refractivity contribution in [2.75, 3.05) is 32.9 Å². The molecule has 0 aromatic heterocycles. The first-order valence-electron chi connectivity index (χ1n) is 5.23. The van der Waals surface area contributed by atoms with Crippen LogP contribution in [0.25, 0.3) is 0 Å². The van der Waals surface area contributed by atoms with E-state index in [1.54, 1.807) is 6.92 Å². The molecule has 0 aromatic carbocycles. The first-order chi connectivity index (χ1) is 7.72. The third-order valence-electron chi connectivity index (χ3n) is 1.51. The van der Waals surface area contributed by atoms with Gasteiger partial charge in [0.15, 0.2) is 0 Å². The first kappa shape index (κ1) is 18.4. The Labute approximate surface area is 103 Å². The van der Waals surface area contributed by atoms with Gasteiger partial charge >= 0.3 is 0 Å². The molecule has 6 nitrogen and oxygen atoms in total. The molecule has 0 rings (SSSR count). The minimum Gasteiger partial charge on any atom is -0.351 e. The molecule has 102 valence electrons. The van der Waals surface area contributed by atoms with Crippen molar-refractivity contribution >= 4 is 16.0 Å². The molecule has 0 unspecified atom stereocenters. The van der Waals surface area contributed by atoms with Gasteiger partial charge in [0.1, 0.15) is 0 Å². The van der Waals surface area contributed by atoms with Crippen molar-refractivity contribution in [1.29, 1.82) is 0 Å². The van der Waals surface area contributed by atoms with Gasteiger partial charge in [-0.15, -0.1) is 0 Å². The van der Waals surface area contributed by atoms with E-state index >= 15 is 0 Å². The number of rotatable bonds is 6. The summed E-state index contributed by atoms with van der Waals surface area (Å²) in [6.45, 7) is 6.56. The molecule has 0 aromatic rings. The summed E-state index contributed by atoms with van der Waals surface area (Å²) in [4.78, 5) is 12.5. The number of hydrogen-bond acceptors (Lipinski definition) is 4.